The topological polar surface area (TPSA) is 53.7 Å². The van der Waals surface area contributed by atoms with Crippen molar-refractivity contribution < 1.29 is 14.2 Å². The quantitative estimate of drug-likeness (QED) is 0.592. The lowest BCUT2D eigenvalue weighted by Gasteiger charge is -2.20. The van der Waals surface area contributed by atoms with Crippen molar-refractivity contribution in [3.05, 3.63) is 24.3 Å². The fourth-order valence-electron chi connectivity index (χ4n) is 1.46. The van der Waals surface area contributed by atoms with Crippen LogP contribution in [0.3, 0.4) is 0 Å². The van der Waals surface area contributed by atoms with Gasteiger partial charge < -0.3 is 19.9 Å². The first-order valence-corrected chi connectivity index (χ1v) is 4.64. The van der Waals surface area contributed by atoms with Gasteiger partial charge in [-0.25, -0.2) is 0 Å². The Morgan fingerprint density at radius 3 is 2.53 bits per heavy atom. The predicted molar refractivity (Wildman–Crippen MR) is 57.9 cm³/mol. The van der Waals surface area contributed by atoms with E-state index < -0.39 is 0 Å². The molecule has 4 heteroatoms. The van der Waals surface area contributed by atoms with Crippen LogP contribution in [0.2, 0.25) is 0 Å². The monoisotopic (exact) mass is 207 g/mol. The van der Waals surface area contributed by atoms with Crippen LogP contribution in [0.15, 0.2) is 18.7 Å². The number of hydrogen-bond acceptors (Lipinski definition) is 4. The summed E-state index contributed by atoms with van der Waals surface area (Å²) in [5.41, 5.74) is 7.16. The summed E-state index contributed by atoms with van der Waals surface area (Å²) in [4.78, 5) is 0. The van der Waals surface area contributed by atoms with Crippen molar-refractivity contribution in [2.75, 3.05) is 26.1 Å². The summed E-state index contributed by atoms with van der Waals surface area (Å²) in [5, 5.41) is 0. The Hall–Kier alpha value is -1.84. The summed E-state index contributed by atoms with van der Waals surface area (Å²) < 4.78 is 15.9. The molecule has 0 fully saturated rings. The van der Waals surface area contributed by atoms with Crippen LogP contribution in [0.1, 0.15) is 5.56 Å². The van der Waals surface area contributed by atoms with Gasteiger partial charge in [-0.05, 0) is 6.07 Å². The second kappa shape index (κ2) is 3.73. The number of anilines is 1. The zero-order valence-electron chi connectivity index (χ0n) is 8.58. The number of nitrogen functional groups attached to an aromatic ring is 1. The molecule has 2 rings (SSSR count). The number of methoxy groups -OCH3 is 1. The molecule has 0 aromatic heterocycles. The molecule has 0 unspecified atom stereocenters. The fraction of sp³-hybridized carbons (Fsp3) is 0.273. The van der Waals surface area contributed by atoms with Crippen molar-refractivity contribution in [2.45, 2.75) is 0 Å². The highest BCUT2D eigenvalue weighted by atomic mass is 16.6. The largest absolute Gasteiger partial charge is 0.497 e. The van der Waals surface area contributed by atoms with E-state index in [1.54, 1.807) is 19.2 Å². The smallest absolute Gasteiger partial charge is 0.163 e. The van der Waals surface area contributed by atoms with Gasteiger partial charge in [0.15, 0.2) is 11.5 Å². The Morgan fingerprint density at radius 2 is 1.93 bits per heavy atom. The maximum absolute atomic E-state index is 5.84. The number of nitrogens with two attached hydrogens (primary N) is 1. The molecule has 80 valence electrons. The number of benzene rings is 1. The predicted octanol–water partition coefficient (Wildman–Crippen LogP) is 1.66. The Balaban J connectivity index is 2.44. The second-order valence-electron chi connectivity index (χ2n) is 3.21. The zero-order chi connectivity index (χ0) is 10.8. The Labute approximate surface area is 88.2 Å². The van der Waals surface area contributed by atoms with Gasteiger partial charge in [0, 0.05) is 17.3 Å². The Bertz CT molecular complexity index is 401. The van der Waals surface area contributed by atoms with E-state index in [4.69, 9.17) is 19.9 Å². The molecule has 1 aliphatic heterocycles. The van der Waals surface area contributed by atoms with Crippen LogP contribution in [0.5, 0.6) is 11.5 Å². The van der Waals surface area contributed by atoms with Crippen molar-refractivity contribution in [1.29, 1.82) is 0 Å². The van der Waals surface area contributed by atoms with Crippen molar-refractivity contribution in [3.8, 4) is 11.5 Å². The molecule has 1 aromatic carbocycles. The molecule has 15 heavy (non-hydrogen) atoms. The van der Waals surface area contributed by atoms with Crippen LogP contribution >= 0.6 is 0 Å². The van der Waals surface area contributed by atoms with Crippen molar-refractivity contribution in [2.24, 2.45) is 0 Å². The molecule has 2 N–H and O–H groups in total. The number of ether oxygens (including phenoxy) is 3. The maximum Gasteiger partial charge on any atom is 0.163 e. The fourth-order valence-corrected chi connectivity index (χ4v) is 1.46. The minimum absolute atomic E-state index is 0.518. The highest BCUT2D eigenvalue weighted by Crippen LogP contribution is 2.36. The first-order valence-electron chi connectivity index (χ1n) is 4.64. The summed E-state index contributed by atoms with van der Waals surface area (Å²) in [5.74, 6) is 1.87. The zero-order valence-corrected chi connectivity index (χ0v) is 8.58. The third-order valence-electron chi connectivity index (χ3n) is 2.26. The van der Waals surface area contributed by atoms with Gasteiger partial charge in [-0.3, -0.25) is 0 Å². The molecule has 4 nitrogen and oxygen atoms in total. The van der Waals surface area contributed by atoms with Gasteiger partial charge in [-0.15, -0.1) is 0 Å². The summed E-state index contributed by atoms with van der Waals surface area (Å²) >= 11 is 0. The lowest BCUT2D eigenvalue weighted by molar-refractivity contribution is 0.171. The number of rotatable bonds is 2. The first kappa shape index (κ1) is 9.71. The highest BCUT2D eigenvalue weighted by molar-refractivity contribution is 5.73. The Kier molecular flexibility index (Phi) is 2.41. The van der Waals surface area contributed by atoms with Gasteiger partial charge in [0.25, 0.3) is 0 Å². The molecule has 0 atom stereocenters. The molecule has 0 bridgehead atoms. The van der Waals surface area contributed by atoms with Gasteiger partial charge in [0.05, 0.1) is 7.11 Å². The van der Waals surface area contributed by atoms with E-state index in [9.17, 15) is 0 Å². The van der Waals surface area contributed by atoms with E-state index in [2.05, 4.69) is 6.58 Å². The standard InChI is InChI=1S/C11H13NO3/c1-7(13-2)8-5-10-11(6-9(8)12)15-4-3-14-10/h5-6H,1,3-4,12H2,2H3. The molecule has 0 saturated heterocycles. The normalized spacial score (nSPS) is 13.4. The summed E-state index contributed by atoms with van der Waals surface area (Å²) in [6.07, 6.45) is 0. The molecular formula is C11H13NO3. The highest BCUT2D eigenvalue weighted by Gasteiger charge is 2.15. The van der Waals surface area contributed by atoms with E-state index in [-0.39, 0.29) is 0 Å². The summed E-state index contributed by atoms with van der Waals surface area (Å²) in [6, 6.07) is 3.52. The van der Waals surface area contributed by atoms with Gasteiger partial charge in [-0.1, -0.05) is 6.58 Å². The third-order valence-corrected chi connectivity index (χ3v) is 2.26. The number of fused-ring (bicyclic) bond motifs is 1. The van der Waals surface area contributed by atoms with Gasteiger partial charge in [0.2, 0.25) is 0 Å². The molecule has 0 spiro atoms. The summed E-state index contributed by atoms with van der Waals surface area (Å²) in [6.45, 7) is 4.86. The van der Waals surface area contributed by atoms with E-state index >= 15 is 0 Å². The van der Waals surface area contributed by atoms with Gasteiger partial charge in [0.1, 0.15) is 19.0 Å². The maximum atomic E-state index is 5.84. The molecule has 0 radical (unpaired) electrons. The minimum atomic E-state index is 0.518. The lowest BCUT2D eigenvalue weighted by Crippen LogP contribution is -2.16. The Morgan fingerprint density at radius 1 is 1.33 bits per heavy atom. The van der Waals surface area contributed by atoms with E-state index in [1.807, 2.05) is 0 Å². The van der Waals surface area contributed by atoms with Crippen LogP contribution < -0.4 is 15.2 Å². The van der Waals surface area contributed by atoms with Gasteiger partial charge in [-0.2, -0.15) is 0 Å². The second-order valence-corrected chi connectivity index (χ2v) is 3.21. The number of hydrogen-bond donors (Lipinski definition) is 1. The van der Waals surface area contributed by atoms with E-state index in [0.717, 1.165) is 5.56 Å². The van der Waals surface area contributed by atoms with E-state index in [0.29, 0.717) is 36.2 Å². The first-order chi connectivity index (χ1) is 7.22. The molecule has 1 aromatic rings. The van der Waals surface area contributed by atoms with E-state index in [1.165, 1.54) is 0 Å². The molecule has 1 aliphatic rings. The van der Waals surface area contributed by atoms with Crippen LogP contribution in [-0.4, -0.2) is 20.3 Å². The summed E-state index contributed by atoms with van der Waals surface area (Å²) in [7, 11) is 1.55. The third kappa shape index (κ3) is 1.70. The van der Waals surface area contributed by atoms with Crippen molar-refractivity contribution in [1.82, 2.24) is 0 Å². The van der Waals surface area contributed by atoms with Crippen LogP contribution in [0.25, 0.3) is 5.76 Å². The van der Waals surface area contributed by atoms with Crippen LogP contribution in [0, 0.1) is 0 Å². The van der Waals surface area contributed by atoms with Gasteiger partial charge >= 0.3 is 0 Å². The average molecular weight is 207 g/mol. The molecule has 0 amide bonds. The molecule has 0 saturated carbocycles. The van der Waals surface area contributed by atoms with Crippen LogP contribution in [0.4, 0.5) is 5.69 Å². The minimum Gasteiger partial charge on any atom is -0.497 e. The lowest BCUT2D eigenvalue weighted by atomic mass is 10.1. The molecule has 1 heterocycles. The molecule has 0 aliphatic carbocycles. The van der Waals surface area contributed by atoms with Crippen molar-refractivity contribution >= 4 is 11.4 Å². The van der Waals surface area contributed by atoms with Crippen molar-refractivity contribution in [3.63, 3.8) is 0 Å². The SMILES string of the molecule is C=C(OC)c1cc2c(cc1N)OCCO2. The van der Waals surface area contributed by atoms with Crippen LogP contribution in [-0.2, 0) is 4.74 Å². The molecular weight excluding hydrogens is 194 g/mol. The average Bonchev–Trinajstić information content (AvgIpc) is 2.27.